The van der Waals surface area contributed by atoms with Crippen molar-refractivity contribution < 1.29 is 9.53 Å². The largest absolute Gasteiger partial charge is 0.493 e. The van der Waals surface area contributed by atoms with Gasteiger partial charge in [0, 0.05) is 5.69 Å². The lowest BCUT2D eigenvalue weighted by molar-refractivity contribution is -0.105. The molecule has 0 unspecified atom stereocenters. The molecule has 1 aromatic carbocycles. The highest BCUT2D eigenvalue weighted by Gasteiger charge is 2.21. The van der Waals surface area contributed by atoms with E-state index in [0.29, 0.717) is 6.41 Å². The number of hydrogen-bond acceptors (Lipinski definition) is 2. The maximum atomic E-state index is 10.1. The van der Waals surface area contributed by atoms with E-state index in [9.17, 15) is 4.79 Å². The third-order valence-electron chi connectivity index (χ3n) is 2.26. The SMILES string of the molecule is O=CNc1ccc(OCC2CC2)cc1. The minimum Gasteiger partial charge on any atom is -0.493 e. The Morgan fingerprint density at radius 2 is 2.07 bits per heavy atom. The molecule has 0 spiro atoms. The molecule has 0 saturated heterocycles. The first-order chi connectivity index (χ1) is 6.88. The van der Waals surface area contributed by atoms with Crippen molar-refractivity contribution in [3.8, 4) is 5.75 Å². The molecular weight excluding hydrogens is 178 g/mol. The lowest BCUT2D eigenvalue weighted by atomic mass is 10.3. The molecule has 74 valence electrons. The zero-order valence-corrected chi connectivity index (χ0v) is 7.90. The van der Waals surface area contributed by atoms with E-state index in [0.717, 1.165) is 24.0 Å². The molecule has 0 heterocycles. The van der Waals surface area contributed by atoms with E-state index in [1.807, 2.05) is 24.3 Å². The highest BCUT2D eigenvalue weighted by atomic mass is 16.5. The first-order valence-corrected chi connectivity index (χ1v) is 4.81. The van der Waals surface area contributed by atoms with Crippen molar-refractivity contribution in [3.63, 3.8) is 0 Å². The van der Waals surface area contributed by atoms with Crippen LogP contribution in [0.25, 0.3) is 0 Å². The van der Waals surface area contributed by atoms with Gasteiger partial charge < -0.3 is 10.1 Å². The molecule has 0 bridgehead atoms. The van der Waals surface area contributed by atoms with Crippen LogP contribution in [0.5, 0.6) is 5.75 Å². The standard InChI is InChI=1S/C11H13NO2/c13-8-12-10-3-5-11(6-4-10)14-7-9-1-2-9/h3-6,8-9H,1-2,7H2,(H,12,13). The number of nitrogens with one attached hydrogen (secondary N) is 1. The van der Waals surface area contributed by atoms with Gasteiger partial charge in [0.1, 0.15) is 5.75 Å². The summed E-state index contributed by atoms with van der Waals surface area (Å²) >= 11 is 0. The van der Waals surface area contributed by atoms with Gasteiger partial charge in [-0.05, 0) is 43.0 Å². The molecule has 1 fully saturated rings. The molecule has 2 rings (SSSR count). The summed E-state index contributed by atoms with van der Waals surface area (Å²) in [5.41, 5.74) is 0.791. The van der Waals surface area contributed by atoms with Crippen LogP contribution < -0.4 is 10.1 Å². The maximum Gasteiger partial charge on any atom is 0.211 e. The summed E-state index contributed by atoms with van der Waals surface area (Å²) < 4.78 is 5.55. The van der Waals surface area contributed by atoms with Crippen molar-refractivity contribution in [2.45, 2.75) is 12.8 Å². The first-order valence-electron chi connectivity index (χ1n) is 4.81. The van der Waals surface area contributed by atoms with Crippen molar-refractivity contribution in [2.24, 2.45) is 5.92 Å². The lowest BCUT2D eigenvalue weighted by Crippen LogP contribution is -1.99. The fraction of sp³-hybridized carbons (Fsp3) is 0.364. The second-order valence-electron chi connectivity index (χ2n) is 3.54. The molecule has 0 aliphatic heterocycles. The monoisotopic (exact) mass is 191 g/mol. The predicted octanol–water partition coefficient (Wildman–Crippen LogP) is 2.04. The highest BCUT2D eigenvalue weighted by Crippen LogP contribution is 2.29. The van der Waals surface area contributed by atoms with Crippen molar-refractivity contribution in [1.82, 2.24) is 0 Å². The molecule has 1 N–H and O–H groups in total. The van der Waals surface area contributed by atoms with E-state index < -0.39 is 0 Å². The Balaban J connectivity index is 1.87. The molecule has 1 amide bonds. The quantitative estimate of drug-likeness (QED) is 0.723. The normalized spacial score (nSPS) is 14.9. The lowest BCUT2D eigenvalue weighted by Gasteiger charge is -2.05. The van der Waals surface area contributed by atoms with E-state index >= 15 is 0 Å². The van der Waals surface area contributed by atoms with Crippen molar-refractivity contribution in [3.05, 3.63) is 24.3 Å². The summed E-state index contributed by atoms with van der Waals surface area (Å²) in [4.78, 5) is 10.1. The molecule has 1 saturated carbocycles. The number of ether oxygens (including phenoxy) is 1. The van der Waals surface area contributed by atoms with Crippen molar-refractivity contribution in [1.29, 1.82) is 0 Å². The van der Waals surface area contributed by atoms with Gasteiger partial charge in [0.05, 0.1) is 6.61 Å². The summed E-state index contributed by atoms with van der Waals surface area (Å²) in [7, 11) is 0. The molecular formula is C11H13NO2. The Labute approximate surface area is 83.1 Å². The van der Waals surface area contributed by atoms with Crippen LogP contribution in [0.3, 0.4) is 0 Å². The summed E-state index contributed by atoms with van der Waals surface area (Å²) in [6.07, 6.45) is 3.26. The average Bonchev–Trinajstić information content (AvgIpc) is 3.01. The van der Waals surface area contributed by atoms with E-state index in [1.54, 1.807) is 0 Å². The van der Waals surface area contributed by atoms with Gasteiger partial charge in [-0.25, -0.2) is 0 Å². The first kappa shape index (κ1) is 9.06. The molecule has 1 aromatic rings. The van der Waals surface area contributed by atoms with Gasteiger partial charge in [0.15, 0.2) is 0 Å². The van der Waals surface area contributed by atoms with Crippen LogP contribution in [0.4, 0.5) is 5.69 Å². The number of hydrogen-bond donors (Lipinski definition) is 1. The minimum atomic E-state index is 0.667. The van der Waals surface area contributed by atoms with Gasteiger partial charge in [0.2, 0.25) is 6.41 Å². The second-order valence-corrected chi connectivity index (χ2v) is 3.54. The zero-order chi connectivity index (χ0) is 9.80. The fourth-order valence-electron chi connectivity index (χ4n) is 1.21. The van der Waals surface area contributed by atoms with Gasteiger partial charge in [0.25, 0.3) is 0 Å². The molecule has 0 aromatic heterocycles. The van der Waals surface area contributed by atoms with Gasteiger partial charge in [-0.2, -0.15) is 0 Å². The van der Waals surface area contributed by atoms with Crippen LogP contribution >= 0.6 is 0 Å². The maximum absolute atomic E-state index is 10.1. The van der Waals surface area contributed by atoms with Gasteiger partial charge >= 0.3 is 0 Å². The molecule has 3 heteroatoms. The number of benzene rings is 1. The number of anilines is 1. The topological polar surface area (TPSA) is 38.3 Å². The Kier molecular flexibility index (Phi) is 2.68. The van der Waals surface area contributed by atoms with Gasteiger partial charge in [-0.1, -0.05) is 0 Å². The number of amides is 1. The second kappa shape index (κ2) is 4.13. The predicted molar refractivity (Wildman–Crippen MR) is 54.3 cm³/mol. The van der Waals surface area contributed by atoms with Crippen LogP contribution in [0.2, 0.25) is 0 Å². The molecule has 1 aliphatic carbocycles. The Hall–Kier alpha value is -1.51. The summed E-state index contributed by atoms with van der Waals surface area (Å²) in [6.45, 7) is 0.820. The van der Waals surface area contributed by atoms with Crippen LogP contribution in [-0.4, -0.2) is 13.0 Å². The van der Waals surface area contributed by atoms with Gasteiger partial charge in [-0.15, -0.1) is 0 Å². The van der Waals surface area contributed by atoms with Crippen LogP contribution in [0.15, 0.2) is 24.3 Å². The van der Waals surface area contributed by atoms with Crippen LogP contribution in [0.1, 0.15) is 12.8 Å². The number of carbonyl (C=O) groups excluding carboxylic acids is 1. The molecule has 3 nitrogen and oxygen atoms in total. The molecule has 0 radical (unpaired) electrons. The van der Waals surface area contributed by atoms with Crippen LogP contribution in [0, 0.1) is 5.92 Å². The molecule has 0 atom stereocenters. The summed E-state index contributed by atoms with van der Waals surface area (Å²) in [5.74, 6) is 1.64. The third kappa shape index (κ3) is 2.49. The van der Waals surface area contributed by atoms with Crippen LogP contribution in [-0.2, 0) is 4.79 Å². The Morgan fingerprint density at radius 3 is 2.64 bits per heavy atom. The van der Waals surface area contributed by atoms with Crippen molar-refractivity contribution in [2.75, 3.05) is 11.9 Å². The van der Waals surface area contributed by atoms with Crippen molar-refractivity contribution >= 4 is 12.1 Å². The zero-order valence-electron chi connectivity index (χ0n) is 7.90. The Bertz CT molecular complexity index is 304. The molecule has 1 aliphatic rings. The summed E-state index contributed by atoms with van der Waals surface area (Å²) in [6, 6.07) is 7.40. The van der Waals surface area contributed by atoms with E-state index in [4.69, 9.17) is 4.74 Å². The smallest absolute Gasteiger partial charge is 0.211 e. The fourth-order valence-corrected chi connectivity index (χ4v) is 1.21. The minimum absolute atomic E-state index is 0.667. The average molecular weight is 191 g/mol. The van der Waals surface area contributed by atoms with E-state index in [2.05, 4.69) is 5.32 Å². The number of carbonyl (C=O) groups is 1. The summed E-state index contributed by atoms with van der Waals surface area (Å²) in [5, 5.41) is 2.58. The number of rotatable bonds is 5. The van der Waals surface area contributed by atoms with E-state index in [-0.39, 0.29) is 0 Å². The Morgan fingerprint density at radius 1 is 1.36 bits per heavy atom. The third-order valence-corrected chi connectivity index (χ3v) is 2.26. The molecule has 14 heavy (non-hydrogen) atoms. The van der Waals surface area contributed by atoms with E-state index in [1.165, 1.54) is 12.8 Å². The van der Waals surface area contributed by atoms with Gasteiger partial charge in [-0.3, -0.25) is 4.79 Å². The highest BCUT2D eigenvalue weighted by molar-refractivity contribution is 5.71.